The molecule has 0 aliphatic heterocycles. The van der Waals surface area contributed by atoms with E-state index in [-0.39, 0.29) is 11.7 Å². The van der Waals surface area contributed by atoms with E-state index in [9.17, 15) is 4.79 Å². The normalized spacial score (nSPS) is 11.0. The zero-order valence-electron chi connectivity index (χ0n) is 16.2. The number of nitrogens with one attached hydrogen (secondary N) is 1. The Morgan fingerprint density at radius 1 is 0.935 bits per heavy atom. The molecule has 2 aromatic heterocycles. The largest absolute Gasteiger partial charge is 0.411 e. The highest BCUT2D eigenvalue weighted by molar-refractivity contribution is 7.99. The van der Waals surface area contributed by atoms with Crippen LogP contribution in [0.15, 0.2) is 87.8 Å². The van der Waals surface area contributed by atoms with Crippen LogP contribution in [0.2, 0.25) is 0 Å². The van der Waals surface area contributed by atoms with Crippen LogP contribution in [0.4, 0.5) is 5.13 Å². The Labute approximate surface area is 186 Å². The predicted octanol–water partition coefficient (Wildman–Crippen LogP) is 5.74. The van der Waals surface area contributed by atoms with Gasteiger partial charge in [0.05, 0.1) is 11.4 Å². The van der Waals surface area contributed by atoms with Gasteiger partial charge < -0.3 is 9.73 Å². The van der Waals surface area contributed by atoms with Gasteiger partial charge in [-0.1, -0.05) is 72.4 Å². The van der Waals surface area contributed by atoms with Crippen LogP contribution in [-0.4, -0.2) is 26.8 Å². The first-order chi connectivity index (χ1) is 15.2. The summed E-state index contributed by atoms with van der Waals surface area (Å²) in [6, 6.07) is 23.9. The summed E-state index contributed by atoms with van der Waals surface area (Å²) < 4.78 is 5.73. The number of carbonyl (C=O) groups excluding carboxylic acids is 1. The summed E-state index contributed by atoms with van der Waals surface area (Å²) >= 11 is 2.59. The van der Waals surface area contributed by atoms with Crippen LogP contribution < -0.4 is 5.32 Å². The molecule has 0 fully saturated rings. The molecule has 152 valence electrons. The summed E-state index contributed by atoms with van der Waals surface area (Å²) in [5, 5.41) is 16.1. The molecule has 0 atom stereocenters. The van der Waals surface area contributed by atoms with Crippen molar-refractivity contribution >= 4 is 44.9 Å². The van der Waals surface area contributed by atoms with E-state index >= 15 is 0 Å². The molecular formula is C23H16N4O2S2. The van der Waals surface area contributed by atoms with Crippen LogP contribution >= 0.6 is 23.1 Å². The average Bonchev–Trinajstić information content (AvgIpc) is 3.48. The summed E-state index contributed by atoms with van der Waals surface area (Å²) in [4.78, 5) is 16.8. The zero-order chi connectivity index (χ0) is 21.0. The van der Waals surface area contributed by atoms with Crippen LogP contribution in [0.3, 0.4) is 0 Å². The Balaban J connectivity index is 1.20. The van der Waals surface area contributed by atoms with E-state index in [1.807, 2.05) is 72.1 Å². The maximum absolute atomic E-state index is 12.3. The molecule has 31 heavy (non-hydrogen) atoms. The van der Waals surface area contributed by atoms with Gasteiger partial charge in [0.25, 0.3) is 5.22 Å². The number of hydrogen-bond acceptors (Lipinski definition) is 7. The molecule has 2 heterocycles. The maximum atomic E-state index is 12.3. The van der Waals surface area contributed by atoms with Gasteiger partial charge >= 0.3 is 0 Å². The summed E-state index contributed by atoms with van der Waals surface area (Å²) in [6.07, 6.45) is 0. The number of anilines is 1. The highest BCUT2D eigenvalue weighted by Crippen LogP contribution is 2.27. The number of fused-ring (bicyclic) bond motifs is 1. The van der Waals surface area contributed by atoms with Crippen molar-refractivity contribution in [2.24, 2.45) is 0 Å². The van der Waals surface area contributed by atoms with Crippen molar-refractivity contribution < 1.29 is 9.21 Å². The Morgan fingerprint density at radius 3 is 2.61 bits per heavy atom. The van der Waals surface area contributed by atoms with Crippen molar-refractivity contribution in [2.75, 3.05) is 11.1 Å². The van der Waals surface area contributed by atoms with Crippen molar-refractivity contribution in [2.45, 2.75) is 5.22 Å². The number of rotatable bonds is 6. The predicted molar refractivity (Wildman–Crippen MR) is 124 cm³/mol. The molecule has 0 saturated carbocycles. The molecule has 3 aromatic carbocycles. The van der Waals surface area contributed by atoms with E-state index in [4.69, 9.17) is 4.42 Å². The Bertz CT molecular complexity index is 1350. The van der Waals surface area contributed by atoms with Gasteiger partial charge in [0.15, 0.2) is 5.13 Å². The lowest BCUT2D eigenvalue weighted by atomic mass is 10.1. The summed E-state index contributed by atoms with van der Waals surface area (Å²) in [6.45, 7) is 0. The Kier molecular flexibility index (Phi) is 5.47. The summed E-state index contributed by atoms with van der Waals surface area (Å²) in [7, 11) is 0. The maximum Gasteiger partial charge on any atom is 0.277 e. The standard InChI is InChI=1S/C23H16N4O2S2/c28-20(25-22-24-19(13-30-22)16-7-2-1-3-8-16)14-31-23-27-26-21(29-23)18-11-10-15-6-4-5-9-17(15)12-18/h1-13H,14H2,(H,24,25,28). The summed E-state index contributed by atoms with van der Waals surface area (Å²) in [5.41, 5.74) is 2.70. The van der Waals surface area contributed by atoms with Gasteiger partial charge in [-0.2, -0.15) is 0 Å². The molecule has 1 N–H and O–H groups in total. The number of nitrogens with zero attached hydrogens (tertiary/aromatic N) is 3. The fourth-order valence-electron chi connectivity index (χ4n) is 3.06. The first-order valence-electron chi connectivity index (χ1n) is 9.51. The van der Waals surface area contributed by atoms with E-state index in [2.05, 4.69) is 26.6 Å². The molecule has 5 aromatic rings. The first kappa shape index (κ1) is 19.5. The molecule has 0 aliphatic carbocycles. The first-order valence-corrected chi connectivity index (χ1v) is 11.4. The Hall–Kier alpha value is -3.49. The van der Waals surface area contributed by atoms with Crippen molar-refractivity contribution in [3.8, 4) is 22.7 Å². The second-order valence-corrected chi connectivity index (χ2v) is 8.46. The number of carbonyl (C=O) groups is 1. The number of thioether (sulfide) groups is 1. The van der Waals surface area contributed by atoms with Gasteiger partial charge in [-0.25, -0.2) is 4.98 Å². The van der Waals surface area contributed by atoms with Crippen molar-refractivity contribution in [3.63, 3.8) is 0 Å². The van der Waals surface area contributed by atoms with Gasteiger partial charge in [0.1, 0.15) is 0 Å². The van der Waals surface area contributed by atoms with Crippen LogP contribution in [0.1, 0.15) is 0 Å². The van der Waals surface area contributed by atoms with Gasteiger partial charge in [0, 0.05) is 16.5 Å². The number of benzene rings is 3. The van der Waals surface area contributed by atoms with Crippen molar-refractivity contribution in [1.82, 2.24) is 15.2 Å². The fourth-order valence-corrected chi connectivity index (χ4v) is 4.36. The number of aromatic nitrogens is 3. The zero-order valence-corrected chi connectivity index (χ0v) is 17.8. The second-order valence-electron chi connectivity index (χ2n) is 6.68. The molecule has 0 saturated heterocycles. The smallest absolute Gasteiger partial charge is 0.277 e. The van der Waals surface area contributed by atoms with E-state index < -0.39 is 0 Å². The lowest BCUT2D eigenvalue weighted by molar-refractivity contribution is -0.113. The van der Waals surface area contributed by atoms with Gasteiger partial charge in [-0.15, -0.1) is 21.5 Å². The number of amides is 1. The molecule has 1 amide bonds. The number of hydrogen-bond donors (Lipinski definition) is 1. The minimum atomic E-state index is -0.176. The molecule has 0 bridgehead atoms. The van der Waals surface area contributed by atoms with Gasteiger partial charge in [-0.05, 0) is 22.9 Å². The quantitative estimate of drug-likeness (QED) is 0.336. The van der Waals surface area contributed by atoms with Crippen LogP contribution in [0, 0.1) is 0 Å². The molecule has 6 nitrogen and oxygen atoms in total. The molecule has 0 radical (unpaired) electrons. The molecule has 0 aliphatic rings. The lowest BCUT2D eigenvalue weighted by Crippen LogP contribution is -2.13. The van der Waals surface area contributed by atoms with Crippen molar-refractivity contribution in [3.05, 3.63) is 78.2 Å². The SMILES string of the molecule is O=C(CSc1nnc(-c2ccc3ccccc3c2)o1)Nc1nc(-c2ccccc2)cs1. The lowest BCUT2D eigenvalue weighted by Gasteiger charge is -2.00. The van der Waals surface area contributed by atoms with Crippen LogP contribution in [-0.2, 0) is 4.79 Å². The van der Waals surface area contributed by atoms with Crippen LogP contribution in [0.25, 0.3) is 33.5 Å². The third-order valence-corrected chi connectivity index (χ3v) is 6.13. The van der Waals surface area contributed by atoms with E-state index in [1.54, 1.807) is 0 Å². The van der Waals surface area contributed by atoms with Gasteiger partial charge in [-0.3, -0.25) is 4.79 Å². The third kappa shape index (κ3) is 4.50. The molecular weight excluding hydrogens is 428 g/mol. The second kappa shape index (κ2) is 8.71. The highest BCUT2D eigenvalue weighted by atomic mass is 32.2. The van der Waals surface area contributed by atoms with E-state index in [0.717, 1.165) is 27.6 Å². The topological polar surface area (TPSA) is 80.9 Å². The third-order valence-electron chi connectivity index (χ3n) is 4.55. The van der Waals surface area contributed by atoms with Crippen molar-refractivity contribution in [1.29, 1.82) is 0 Å². The number of thiazole rings is 1. The molecule has 5 rings (SSSR count). The molecule has 0 spiro atoms. The molecule has 8 heteroatoms. The highest BCUT2D eigenvalue weighted by Gasteiger charge is 2.13. The monoisotopic (exact) mass is 444 g/mol. The van der Waals surface area contributed by atoms with E-state index in [1.165, 1.54) is 23.1 Å². The average molecular weight is 445 g/mol. The minimum Gasteiger partial charge on any atom is -0.411 e. The van der Waals surface area contributed by atoms with Gasteiger partial charge in [0.2, 0.25) is 11.8 Å². The minimum absolute atomic E-state index is 0.152. The Morgan fingerprint density at radius 2 is 1.74 bits per heavy atom. The molecule has 0 unspecified atom stereocenters. The van der Waals surface area contributed by atoms with E-state index in [0.29, 0.717) is 16.2 Å². The summed E-state index contributed by atoms with van der Waals surface area (Å²) in [5.74, 6) is 0.407. The van der Waals surface area contributed by atoms with Crippen LogP contribution in [0.5, 0.6) is 0 Å². The fraction of sp³-hybridized carbons (Fsp3) is 0.0435.